The Morgan fingerprint density at radius 3 is 2.78 bits per heavy atom. The molecule has 0 unspecified atom stereocenters. The van der Waals surface area contributed by atoms with Gasteiger partial charge in [0.15, 0.2) is 0 Å². The highest BCUT2D eigenvalue weighted by Gasteiger charge is 2.35. The Balaban J connectivity index is 2.09. The van der Waals surface area contributed by atoms with Crippen molar-refractivity contribution in [2.75, 3.05) is 13.7 Å². The smallest absolute Gasteiger partial charge is 0.226 e. The Hall–Kier alpha value is -2.23. The van der Waals surface area contributed by atoms with E-state index >= 15 is 0 Å². The third kappa shape index (κ3) is 2.74. The van der Waals surface area contributed by atoms with Gasteiger partial charge in [0.1, 0.15) is 11.8 Å². The van der Waals surface area contributed by atoms with Gasteiger partial charge >= 0.3 is 0 Å². The van der Waals surface area contributed by atoms with Crippen molar-refractivity contribution in [1.82, 2.24) is 9.47 Å². The molecule has 122 valence electrons. The lowest BCUT2D eigenvalue weighted by Crippen LogP contribution is -2.44. The molecule has 23 heavy (non-hydrogen) atoms. The molecule has 2 aromatic rings. The summed E-state index contributed by atoms with van der Waals surface area (Å²) in [6.07, 6.45) is 2.94. The molecule has 1 aliphatic heterocycles. The first-order chi connectivity index (χ1) is 11.2. The van der Waals surface area contributed by atoms with Crippen LogP contribution in [0, 0.1) is 5.92 Å². The summed E-state index contributed by atoms with van der Waals surface area (Å²) in [5, 5.41) is 0. The maximum Gasteiger partial charge on any atom is 0.226 e. The van der Waals surface area contributed by atoms with Crippen molar-refractivity contribution < 1.29 is 9.53 Å². The molecule has 1 aromatic carbocycles. The number of hydrogen-bond donors (Lipinski definition) is 0. The van der Waals surface area contributed by atoms with Crippen LogP contribution >= 0.6 is 0 Å². The van der Waals surface area contributed by atoms with E-state index in [1.54, 1.807) is 7.11 Å². The van der Waals surface area contributed by atoms with Crippen molar-refractivity contribution in [2.45, 2.75) is 32.9 Å². The zero-order valence-corrected chi connectivity index (χ0v) is 14.0. The van der Waals surface area contributed by atoms with Crippen molar-refractivity contribution in [3.05, 3.63) is 53.9 Å². The summed E-state index contributed by atoms with van der Waals surface area (Å²) in [6.45, 7) is 5.65. The molecule has 0 spiro atoms. The predicted molar refractivity (Wildman–Crippen MR) is 90.4 cm³/mol. The van der Waals surface area contributed by atoms with E-state index in [9.17, 15) is 4.79 Å². The molecule has 4 heteroatoms. The number of carbonyl (C=O) groups excluding carboxylic acids is 1. The predicted octanol–water partition coefficient (Wildman–Crippen LogP) is 3.47. The van der Waals surface area contributed by atoms with Gasteiger partial charge in [0.25, 0.3) is 0 Å². The van der Waals surface area contributed by atoms with Crippen LogP contribution in [0.1, 0.15) is 37.6 Å². The minimum atomic E-state index is -0.0867. The van der Waals surface area contributed by atoms with Crippen molar-refractivity contribution in [3.8, 4) is 5.75 Å². The van der Waals surface area contributed by atoms with Crippen LogP contribution in [0.25, 0.3) is 0 Å². The molecule has 0 radical (unpaired) electrons. The second-order valence-electron chi connectivity index (χ2n) is 6.11. The molecule has 0 fully saturated rings. The first-order valence-corrected chi connectivity index (χ1v) is 8.25. The number of benzene rings is 1. The molecule has 1 aromatic heterocycles. The summed E-state index contributed by atoms with van der Waals surface area (Å²) in [4.78, 5) is 14.9. The largest absolute Gasteiger partial charge is 0.496 e. The van der Waals surface area contributed by atoms with Crippen molar-refractivity contribution in [3.63, 3.8) is 0 Å². The minimum Gasteiger partial charge on any atom is -0.496 e. The monoisotopic (exact) mass is 312 g/mol. The van der Waals surface area contributed by atoms with E-state index in [1.165, 1.54) is 0 Å². The van der Waals surface area contributed by atoms with Gasteiger partial charge in [0.2, 0.25) is 5.91 Å². The Labute approximate surface area is 137 Å². The Morgan fingerprint density at radius 2 is 2.04 bits per heavy atom. The highest BCUT2D eigenvalue weighted by atomic mass is 16.5. The molecule has 0 aliphatic carbocycles. The summed E-state index contributed by atoms with van der Waals surface area (Å²) in [6, 6.07) is 12.1. The number of amides is 1. The SMILES string of the molecule is CC[C@H](C)C(=O)N1CCn2cccc2[C@@H]1c1ccccc1OC. The van der Waals surface area contributed by atoms with Crippen molar-refractivity contribution in [2.24, 2.45) is 5.92 Å². The number of methoxy groups -OCH3 is 1. The summed E-state index contributed by atoms with van der Waals surface area (Å²) in [5.74, 6) is 1.08. The molecule has 0 bridgehead atoms. The normalized spacial score (nSPS) is 18.4. The van der Waals surface area contributed by atoms with Gasteiger partial charge in [-0.15, -0.1) is 0 Å². The zero-order chi connectivity index (χ0) is 16.4. The van der Waals surface area contributed by atoms with E-state index in [4.69, 9.17) is 4.74 Å². The summed E-state index contributed by atoms with van der Waals surface area (Å²) >= 11 is 0. The van der Waals surface area contributed by atoms with Crippen LogP contribution in [0.3, 0.4) is 0 Å². The van der Waals surface area contributed by atoms with Crippen LogP contribution in [0.15, 0.2) is 42.6 Å². The zero-order valence-electron chi connectivity index (χ0n) is 14.0. The van der Waals surface area contributed by atoms with E-state index in [-0.39, 0.29) is 17.9 Å². The number of fused-ring (bicyclic) bond motifs is 1. The third-order valence-electron chi connectivity index (χ3n) is 4.79. The Morgan fingerprint density at radius 1 is 1.26 bits per heavy atom. The second kappa shape index (κ2) is 6.49. The lowest BCUT2D eigenvalue weighted by atomic mass is 9.96. The van der Waals surface area contributed by atoms with Crippen LogP contribution in [0.4, 0.5) is 0 Å². The van der Waals surface area contributed by atoms with Crippen LogP contribution in [0.5, 0.6) is 5.75 Å². The summed E-state index contributed by atoms with van der Waals surface area (Å²) in [7, 11) is 1.68. The summed E-state index contributed by atoms with van der Waals surface area (Å²) < 4.78 is 7.79. The number of aromatic nitrogens is 1. The average molecular weight is 312 g/mol. The number of carbonyl (C=O) groups is 1. The maximum atomic E-state index is 12.9. The van der Waals surface area contributed by atoms with E-state index < -0.39 is 0 Å². The highest BCUT2D eigenvalue weighted by Crippen LogP contribution is 2.37. The van der Waals surface area contributed by atoms with Crippen LogP contribution in [-0.2, 0) is 11.3 Å². The molecule has 1 aliphatic rings. The lowest BCUT2D eigenvalue weighted by molar-refractivity contribution is -0.137. The number of rotatable bonds is 4. The van der Waals surface area contributed by atoms with E-state index in [0.717, 1.165) is 36.5 Å². The number of hydrogen-bond acceptors (Lipinski definition) is 2. The number of ether oxygens (including phenoxy) is 1. The van der Waals surface area contributed by atoms with Gasteiger partial charge in [-0.2, -0.15) is 0 Å². The van der Waals surface area contributed by atoms with Crippen LogP contribution in [0.2, 0.25) is 0 Å². The third-order valence-corrected chi connectivity index (χ3v) is 4.79. The average Bonchev–Trinajstić information content (AvgIpc) is 3.08. The standard InChI is InChI=1S/C19H24N2O2/c1-4-14(2)19(22)21-13-12-20-11-7-9-16(20)18(21)15-8-5-6-10-17(15)23-3/h5-11,14,18H,4,12-13H2,1-3H3/t14-,18-/m0/s1. The van der Waals surface area contributed by atoms with Gasteiger partial charge in [0.05, 0.1) is 7.11 Å². The molecule has 3 rings (SSSR count). The van der Waals surface area contributed by atoms with Gasteiger partial charge in [-0.3, -0.25) is 4.79 Å². The van der Waals surface area contributed by atoms with Gasteiger partial charge in [-0.25, -0.2) is 0 Å². The molecule has 2 atom stereocenters. The number of nitrogens with zero attached hydrogens (tertiary/aromatic N) is 2. The molecular weight excluding hydrogens is 288 g/mol. The first kappa shape index (κ1) is 15.7. The van der Waals surface area contributed by atoms with Gasteiger partial charge < -0.3 is 14.2 Å². The highest BCUT2D eigenvalue weighted by molar-refractivity contribution is 5.79. The van der Waals surface area contributed by atoms with E-state index in [1.807, 2.05) is 30.0 Å². The van der Waals surface area contributed by atoms with Crippen LogP contribution in [-0.4, -0.2) is 29.0 Å². The molecule has 0 saturated carbocycles. The fraction of sp³-hybridized carbons (Fsp3) is 0.421. The molecule has 1 amide bonds. The van der Waals surface area contributed by atoms with Gasteiger partial charge in [0, 0.05) is 36.5 Å². The Bertz CT molecular complexity index is 692. The molecule has 0 N–H and O–H groups in total. The number of para-hydroxylation sites is 1. The summed E-state index contributed by atoms with van der Waals surface area (Å²) in [5.41, 5.74) is 2.20. The molecule has 2 heterocycles. The quantitative estimate of drug-likeness (QED) is 0.866. The van der Waals surface area contributed by atoms with E-state index in [0.29, 0.717) is 0 Å². The van der Waals surface area contributed by atoms with Crippen LogP contribution < -0.4 is 4.74 Å². The fourth-order valence-corrected chi connectivity index (χ4v) is 3.30. The lowest BCUT2D eigenvalue weighted by Gasteiger charge is -2.39. The molecule has 4 nitrogen and oxygen atoms in total. The minimum absolute atomic E-state index is 0.0359. The maximum absolute atomic E-state index is 12.9. The topological polar surface area (TPSA) is 34.5 Å². The van der Waals surface area contributed by atoms with Gasteiger partial charge in [-0.05, 0) is 24.6 Å². The Kier molecular flexibility index (Phi) is 4.42. The molecular formula is C19H24N2O2. The second-order valence-corrected chi connectivity index (χ2v) is 6.11. The van der Waals surface area contributed by atoms with Crippen molar-refractivity contribution >= 4 is 5.91 Å². The molecule has 0 saturated heterocycles. The first-order valence-electron chi connectivity index (χ1n) is 8.25. The van der Waals surface area contributed by atoms with E-state index in [2.05, 4.69) is 35.9 Å². The fourth-order valence-electron chi connectivity index (χ4n) is 3.30. The van der Waals surface area contributed by atoms with Crippen molar-refractivity contribution in [1.29, 1.82) is 0 Å². The van der Waals surface area contributed by atoms with Gasteiger partial charge in [-0.1, -0.05) is 32.0 Å².